The van der Waals surface area contributed by atoms with Crippen molar-refractivity contribution in [2.24, 2.45) is 4.99 Å². The van der Waals surface area contributed by atoms with Crippen LogP contribution in [0.3, 0.4) is 0 Å². The van der Waals surface area contributed by atoms with E-state index in [1.54, 1.807) is 7.11 Å². The molecule has 1 aromatic rings. The maximum absolute atomic E-state index is 13.2. The molecule has 1 atom stereocenters. The Balaban J connectivity index is 1.55. The molecule has 1 saturated heterocycles. The standard InChI is InChI=1S/C25H32N4O4S/c1-4-20-22(24(31)33-3)23(18-8-6-5-7-9-18)29-19(17-34-25(29)26-20)16-21(30)28-12-10-27(11-13-28)14-15-32-2/h5-9,17,23H,4,10-16H2,1-3H3/t23-/m1/s1. The van der Waals surface area contributed by atoms with E-state index in [-0.39, 0.29) is 24.3 Å². The van der Waals surface area contributed by atoms with E-state index < -0.39 is 0 Å². The number of benzene rings is 1. The third-order valence-electron chi connectivity index (χ3n) is 6.41. The van der Waals surface area contributed by atoms with Crippen molar-refractivity contribution in [2.45, 2.75) is 25.8 Å². The summed E-state index contributed by atoms with van der Waals surface area (Å²) in [7, 11) is 3.10. The maximum atomic E-state index is 13.2. The summed E-state index contributed by atoms with van der Waals surface area (Å²) in [5, 5.41) is 2.79. The first-order chi connectivity index (χ1) is 16.6. The van der Waals surface area contributed by atoms with Crippen LogP contribution in [0.1, 0.15) is 31.4 Å². The molecule has 0 saturated carbocycles. The molecule has 4 rings (SSSR count). The molecule has 3 aliphatic rings. The van der Waals surface area contributed by atoms with Gasteiger partial charge in [-0.1, -0.05) is 49.0 Å². The van der Waals surface area contributed by atoms with Gasteiger partial charge in [0, 0.05) is 45.5 Å². The smallest absolute Gasteiger partial charge is 0.338 e. The second kappa shape index (κ2) is 11.2. The molecule has 9 heteroatoms. The number of esters is 1. The van der Waals surface area contributed by atoms with Gasteiger partial charge in [0.15, 0.2) is 5.17 Å². The van der Waals surface area contributed by atoms with Crippen molar-refractivity contribution >= 4 is 28.8 Å². The number of carbonyl (C=O) groups excluding carboxylic acids is 2. The highest BCUT2D eigenvalue weighted by Gasteiger charge is 2.41. The van der Waals surface area contributed by atoms with E-state index in [9.17, 15) is 9.59 Å². The molecule has 1 aromatic carbocycles. The Morgan fingerprint density at radius 3 is 2.50 bits per heavy atom. The summed E-state index contributed by atoms with van der Waals surface area (Å²) in [4.78, 5) is 37.2. The van der Waals surface area contributed by atoms with E-state index in [1.165, 1.54) is 18.9 Å². The number of hydrogen-bond donors (Lipinski definition) is 0. The van der Waals surface area contributed by atoms with Gasteiger partial charge >= 0.3 is 5.97 Å². The fourth-order valence-corrected chi connectivity index (χ4v) is 5.51. The maximum Gasteiger partial charge on any atom is 0.338 e. The largest absolute Gasteiger partial charge is 0.466 e. The number of allylic oxidation sites excluding steroid dienone is 1. The number of thioether (sulfide) groups is 1. The van der Waals surface area contributed by atoms with Crippen molar-refractivity contribution in [3.05, 3.63) is 58.3 Å². The first kappa shape index (κ1) is 24.5. The Labute approximate surface area is 205 Å². The van der Waals surface area contributed by atoms with E-state index in [4.69, 9.17) is 14.5 Å². The van der Waals surface area contributed by atoms with Gasteiger partial charge < -0.3 is 19.3 Å². The predicted octanol–water partition coefficient (Wildman–Crippen LogP) is 3.01. The van der Waals surface area contributed by atoms with Crippen molar-refractivity contribution in [1.82, 2.24) is 14.7 Å². The minimum atomic E-state index is -0.386. The highest BCUT2D eigenvalue weighted by atomic mass is 32.2. The van der Waals surface area contributed by atoms with Crippen LogP contribution in [-0.4, -0.2) is 85.3 Å². The summed E-state index contributed by atoms with van der Waals surface area (Å²) in [6.07, 6.45) is 0.886. The van der Waals surface area contributed by atoms with E-state index >= 15 is 0 Å². The van der Waals surface area contributed by atoms with Gasteiger partial charge in [0.05, 0.1) is 37.4 Å². The van der Waals surface area contributed by atoms with Crippen LogP contribution in [-0.2, 0) is 19.1 Å². The summed E-state index contributed by atoms with van der Waals surface area (Å²) >= 11 is 1.51. The molecule has 0 spiro atoms. The van der Waals surface area contributed by atoms with Crippen LogP contribution in [0.4, 0.5) is 0 Å². The van der Waals surface area contributed by atoms with Crippen molar-refractivity contribution in [2.75, 3.05) is 53.6 Å². The van der Waals surface area contributed by atoms with E-state index in [1.807, 2.05) is 52.5 Å². The zero-order valence-corrected chi connectivity index (χ0v) is 20.8. The Kier molecular flexibility index (Phi) is 8.07. The van der Waals surface area contributed by atoms with Gasteiger partial charge in [-0.2, -0.15) is 0 Å². The third kappa shape index (κ3) is 5.06. The van der Waals surface area contributed by atoms with Gasteiger partial charge in [0.25, 0.3) is 0 Å². The lowest BCUT2D eigenvalue weighted by molar-refractivity contribution is -0.136. The van der Waals surface area contributed by atoms with Gasteiger partial charge in [-0.25, -0.2) is 9.79 Å². The number of piperazine rings is 1. The van der Waals surface area contributed by atoms with Crippen molar-refractivity contribution in [3.63, 3.8) is 0 Å². The number of nitrogens with zero attached hydrogens (tertiary/aromatic N) is 4. The normalized spacial score (nSPS) is 20.7. The lowest BCUT2D eigenvalue weighted by Gasteiger charge is -2.38. The Morgan fingerprint density at radius 2 is 1.85 bits per heavy atom. The first-order valence-corrected chi connectivity index (χ1v) is 12.5. The van der Waals surface area contributed by atoms with E-state index in [0.29, 0.717) is 31.7 Å². The van der Waals surface area contributed by atoms with Gasteiger partial charge in [0.1, 0.15) is 0 Å². The molecule has 182 valence electrons. The number of fused-ring (bicyclic) bond motifs is 1. The predicted molar refractivity (Wildman–Crippen MR) is 133 cm³/mol. The average molecular weight is 485 g/mol. The Morgan fingerprint density at radius 1 is 1.12 bits per heavy atom. The SMILES string of the molecule is CCC1=C(C(=O)OC)[C@@H](c2ccccc2)N2C(CC(=O)N3CCN(CCOC)CC3)=CSC2=N1. The van der Waals surface area contributed by atoms with Gasteiger partial charge in [-0.3, -0.25) is 9.69 Å². The van der Waals surface area contributed by atoms with Crippen LogP contribution in [0.25, 0.3) is 0 Å². The molecule has 0 unspecified atom stereocenters. The summed E-state index contributed by atoms with van der Waals surface area (Å²) in [5.41, 5.74) is 3.09. The number of carbonyl (C=O) groups is 2. The van der Waals surface area contributed by atoms with E-state index in [0.717, 1.165) is 41.8 Å². The minimum Gasteiger partial charge on any atom is -0.466 e. The van der Waals surface area contributed by atoms with Gasteiger partial charge in [0.2, 0.25) is 5.91 Å². The number of amidine groups is 1. The quantitative estimate of drug-likeness (QED) is 0.525. The third-order valence-corrected chi connectivity index (χ3v) is 7.30. The van der Waals surface area contributed by atoms with Crippen LogP contribution in [0.2, 0.25) is 0 Å². The van der Waals surface area contributed by atoms with Gasteiger partial charge in [-0.05, 0) is 17.4 Å². The topological polar surface area (TPSA) is 74.7 Å². The molecule has 1 fully saturated rings. The molecule has 3 aliphatic heterocycles. The molecule has 3 heterocycles. The average Bonchev–Trinajstić information content (AvgIpc) is 3.28. The molecular weight excluding hydrogens is 452 g/mol. The van der Waals surface area contributed by atoms with Crippen molar-refractivity contribution < 1.29 is 19.1 Å². The summed E-state index contributed by atoms with van der Waals surface area (Å²) in [6, 6.07) is 9.51. The Bertz CT molecular complexity index is 999. The first-order valence-electron chi connectivity index (χ1n) is 11.7. The highest BCUT2D eigenvalue weighted by Crippen LogP contribution is 2.45. The number of hydrogen-bond acceptors (Lipinski definition) is 8. The lowest BCUT2D eigenvalue weighted by atomic mass is 9.93. The van der Waals surface area contributed by atoms with Crippen LogP contribution < -0.4 is 0 Å². The number of methoxy groups -OCH3 is 2. The van der Waals surface area contributed by atoms with E-state index in [2.05, 4.69) is 4.90 Å². The zero-order chi connectivity index (χ0) is 24.1. The summed E-state index contributed by atoms with van der Waals surface area (Å²) < 4.78 is 10.3. The molecular formula is C25H32N4O4S. The monoisotopic (exact) mass is 484 g/mol. The molecule has 0 bridgehead atoms. The summed E-state index contributed by atoms with van der Waals surface area (Å²) in [6.45, 7) is 6.69. The van der Waals surface area contributed by atoms with Crippen LogP contribution >= 0.6 is 11.8 Å². The van der Waals surface area contributed by atoms with Crippen molar-refractivity contribution in [3.8, 4) is 0 Å². The molecule has 0 aromatic heterocycles. The number of rotatable bonds is 8. The molecule has 8 nitrogen and oxygen atoms in total. The number of aliphatic imine (C=N–C) groups is 1. The van der Waals surface area contributed by atoms with Crippen LogP contribution in [0.5, 0.6) is 0 Å². The fraction of sp³-hybridized carbons (Fsp3) is 0.480. The number of amides is 1. The molecule has 1 amide bonds. The fourth-order valence-electron chi connectivity index (χ4n) is 4.57. The molecule has 34 heavy (non-hydrogen) atoms. The number of ether oxygens (including phenoxy) is 2. The van der Waals surface area contributed by atoms with Gasteiger partial charge in [-0.15, -0.1) is 0 Å². The second-order valence-electron chi connectivity index (χ2n) is 8.40. The van der Waals surface area contributed by atoms with Crippen molar-refractivity contribution in [1.29, 1.82) is 0 Å². The van der Waals surface area contributed by atoms with Crippen LogP contribution in [0.15, 0.2) is 57.7 Å². The molecule has 0 radical (unpaired) electrons. The Hall–Kier alpha value is -2.62. The van der Waals surface area contributed by atoms with Crippen LogP contribution in [0, 0.1) is 0 Å². The minimum absolute atomic E-state index is 0.0937. The second-order valence-corrected chi connectivity index (χ2v) is 9.24. The zero-order valence-electron chi connectivity index (χ0n) is 20.0. The molecule has 0 aliphatic carbocycles. The summed E-state index contributed by atoms with van der Waals surface area (Å²) in [5.74, 6) is -0.292. The lowest BCUT2D eigenvalue weighted by Crippen LogP contribution is -2.49. The molecule has 0 N–H and O–H groups in total. The highest BCUT2D eigenvalue weighted by molar-refractivity contribution is 8.16.